The van der Waals surface area contributed by atoms with Crippen molar-refractivity contribution in [1.29, 1.82) is 0 Å². The van der Waals surface area contributed by atoms with Crippen molar-refractivity contribution in [1.82, 2.24) is 15.1 Å². The average Bonchev–Trinajstić information content (AvgIpc) is 2.60. The minimum atomic E-state index is -0.623. The zero-order valence-electron chi connectivity index (χ0n) is 15.8. The molecule has 1 saturated heterocycles. The summed E-state index contributed by atoms with van der Waals surface area (Å²) in [5, 5.41) is 12.6. The molecule has 0 atom stereocenters. The number of benzene rings is 1. The van der Waals surface area contributed by atoms with Crippen molar-refractivity contribution >= 4 is 17.7 Å². The van der Waals surface area contributed by atoms with Crippen LogP contribution >= 0.6 is 0 Å². The van der Waals surface area contributed by atoms with E-state index in [0.29, 0.717) is 26.2 Å². The first kappa shape index (κ1) is 19.8. The molecule has 2 rings (SSSR count). The summed E-state index contributed by atoms with van der Waals surface area (Å²) < 4.78 is 0. The molecule has 2 N–H and O–H groups in total. The third-order valence-corrected chi connectivity index (χ3v) is 4.39. The predicted octanol–water partition coefficient (Wildman–Crippen LogP) is 1.32. The van der Waals surface area contributed by atoms with E-state index in [1.807, 2.05) is 13.8 Å². The molecule has 0 bridgehead atoms. The van der Waals surface area contributed by atoms with Crippen molar-refractivity contribution < 1.29 is 19.5 Å². The molecular weight excluding hydrogens is 334 g/mol. The quantitative estimate of drug-likeness (QED) is 0.795. The zero-order valence-corrected chi connectivity index (χ0v) is 15.8. The van der Waals surface area contributed by atoms with E-state index in [1.165, 1.54) is 4.90 Å². The van der Waals surface area contributed by atoms with Gasteiger partial charge in [-0.2, -0.15) is 0 Å². The fraction of sp³-hybridized carbons (Fsp3) is 0.526. The zero-order chi connectivity index (χ0) is 19.4. The van der Waals surface area contributed by atoms with E-state index in [-0.39, 0.29) is 29.2 Å². The van der Waals surface area contributed by atoms with Gasteiger partial charge in [0.25, 0.3) is 5.91 Å². The van der Waals surface area contributed by atoms with Gasteiger partial charge in [0, 0.05) is 32.2 Å². The van der Waals surface area contributed by atoms with Gasteiger partial charge in [-0.15, -0.1) is 0 Å². The highest BCUT2D eigenvalue weighted by Crippen LogP contribution is 2.25. The minimum Gasteiger partial charge on any atom is -0.507 e. The first-order chi connectivity index (χ1) is 12.2. The summed E-state index contributed by atoms with van der Waals surface area (Å²) in [5.74, 6) is -1.26. The summed E-state index contributed by atoms with van der Waals surface area (Å²) in [6.07, 6.45) is 0. The smallest absolute Gasteiger partial charge is 0.312 e. The van der Waals surface area contributed by atoms with Crippen molar-refractivity contribution in [3.8, 4) is 5.75 Å². The van der Waals surface area contributed by atoms with Gasteiger partial charge >= 0.3 is 11.8 Å². The highest BCUT2D eigenvalue weighted by molar-refractivity contribution is 6.35. The number of carbonyl (C=O) groups excluding carboxylic acids is 3. The Bertz CT molecular complexity index is 692. The summed E-state index contributed by atoms with van der Waals surface area (Å²) in [7, 11) is 0. The lowest BCUT2D eigenvalue weighted by Gasteiger charge is -2.34. The van der Waals surface area contributed by atoms with Crippen molar-refractivity contribution in [3.05, 3.63) is 29.3 Å². The Morgan fingerprint density at radius 3 is 2.12 bits per heavy atom. The molecule has 26 heavy (non-hydrogen) atoms. The van der Waals surface area contributed by atoms with Crippen LogP contribution in [0.2, 0.25) is 0 Å². The molecule has 1 heterocycles. The molecule has 1 aromatic carbocycles. The summed E-state index contributed by atoms with van der Waals surface area (Å²) >= 11 is 0. The first-order valence-corrected chi connectivity index (χ1v) is 8.92. The summed E-state index contributed by atoms with van der Waals surface area (Å²) in [6, 6.07) is 4.96. The Labute approximate surface area is 154 Å². The molecule has 0 radical (unpaired) electrons. The summed E-state index contributed by atoms with van der Waals surface area (Å²) in [6.45, 7) is 8.86. The SMILES string of the molecule is CC(C)NC(=O)C(=O)N1CCN(C(=O)c2cc(C(C)C)ccc2O)CC1. The van der Waals surface area contributed by atoms with Crippen LogP contribution in [0.5, 0.6) is 5.75 Å². The molecule has 1 aliphatic rings. The third kappa shape index (κ3) is 4.53. The Hall–Kier alpha value is -2.57. The van der Waals surface area contributed by atoms with Crippen LogP contribution in [0.1, 0.15) is 49.5 Å². The number of hydrogen-bond donors (Lipinski definition) is 2. The lowest BCUT2D eigenvalue weighted by atomic mass is 9.99. The van der Waals surface area contributed by atoms with Crippen LogP contribution in [0.15, 0.2) is 18.2 Å². The fourth-order valence-corrected chi connectivity index (χ4v) is 2.83. The van der Waals surface area contributed by atoms with Crippen molar-refractivity contribution in [3.63, 3.8) is 0 Å². The highest BCUT2D eigenvalue weighted by atomic mass is 16.3. The molecule has 7 heteroatoms. The molecule has 0 aromatic heterocycles. The van der Waals surface area contributed by atoms with Gasteiger partial charge in [-0.25, -0.2) is 0 Å². The van der Waals surface area contributed by atoms with E-state index >= 15 is 0 Å². The van der Waals surface area contributed by atoms with Gasteiger partial charge in [-0.3, -0.25) is 14.4 Å². The van der Waals surface area contributed by atoms with E-state index < -0.39 is 11.8 Å². The number of nitrogens with zero attached hydrogens (tertiary/aromatic N) is 2. The van der Waals surface area contributed by atoms with Gasteiger partial charge in [-0.05, 0) is 37.5 Å². The van der Waals surface area contributed by atoms with Crippen LogP contribution in [-0.2, 0) is 9.59 Å². The summed E-state index contributed by atoms with van der Waals surface area (Å²) in [4.78, 5) is 39.7. The number of carbonyl (C=O) groups is 3. The second-order valence-electron chi connectivity index (χ2n) is 7.14. The third-order valence-electron chi connectivity index (χ3n) is 4.39. The minimum absolute atomic E-state index is 0.0470. The van der Waals surface area contributed by atoms with E-state index in [2.05, 4.69) is 5.32 Å². The maximum absolute atomic E-state index is 12.7. The maximum atomic E-state index is 12.7. The van der Waals surface area contributed by atoms with Crippen molar-refractivity contribution in [2.75, 3.05) is 26.2 Å². The monoisotopic (exact) mass is 361 g/mol. The Morgan fingerprint density at radius 2 is 1.58 bits per heavy atom. The number of piperazine rings is 1. The number of rotatable bonds is 3. The second-order valence-corrected chi connectivity index (χ2v) is 7.14. The molecule has 0 saturated carbocycles. The predicted molar refractivity (Wildman–Crippen MR) is 98.0 cm³/mol. The van der Waals surface area contributed by atoms with Gasteiger partial charge < -0.3 is 20.2 Å². The van der Waals surface area contributed by atoms with E-state index in [0.717, 1.165) is 5.56 Å². The van der Waals surface area contributed by atoms with Crippen LogP contribution in [0.3, 0.4) is 0 Å². The normalized spacial score (nSPS) is 14.7. The van der Waals surface area contributed by atoms with Gasteiger partial charge in [-0.1, -0.05) is 19.9 Å². The Morgan fingerprint density at radius 1 is 1.00 bits per heavy atom. The first-order valence-electron chi connectivity index (χ1n) is 8.92. The number of phenols is 1. The van der Waals surface area contributed by atoms with Gasteiger partial charge in [0.2, 0.25) is 0 Å². The lowest BCUT2D eigenvalue weighted by Crippen LogP contribution is -2.54. The van der Waals surface area contributed by atoms with Crippen LogP contribution in [0.25, 0.3) is 0 Å². The molecule has 0 aliphatic carbocycles. The molecule has 1 fully saturated rings. The van der Waals surface area contributed by atoms with Gasteiger partial charge in [0.1, 0.15) is 5.75 Å². The van der Waals surface area contributed by atoms with Crippen LogP contribution in [-0.4, -0.2) is 64.8 Å². The second kappa shape index (κ2) is 8.21. The number of nitrogens with one attached hydrogen (secondary N) is 1. The molecular formula is C19H27N3O4. The molecule has 0 spiro atoms. The maximum Gasteiger partial charge on any atom is 0.312 e. The Kier molecular flexibility index (Phi) is 6.23. The molecule has 1 aromatic rings. The molecule has 142 valence electrons. The van der Waals surface area contributed by atoms with E-state index in [4.69, 9.17) is 0 Å². The van der Waals surface area contributed by atoms with Crippen LogP contribution < -0.4 is 5.32 Å². The van der Waals surface area contributed by atoms with E-state index in [1.54, 1.807) is 36.9 Å². The molecule has 7 nitrogen and oxygen atoms in total. The highest BCUT2D eigenvalue weighted by Gasteiger charge is 2.29. The van der Waals surface area contributed by atoms with Crippen molar-refractivity contribution in [2.45, 2.75) is 39.7 Å². The standard InChI is InChI=1S/C19H27N3O4/c1-12(2)14-5-6-16(23)15(11-14)18(25)21-7-9-22(10-8-21)19(26)17(24)20-13(3)4/h5-6,11-13,23H,7-10H2,1-4H3,(H,20,24). The molecule has 3 amide bonds. The summed E-state index contributed by atoms with van der Waals surface area (Å²) in [5.41, 5.74) is 1.25. The molecule has 1 aliphatic heterocycles. The number of amides is 3. The number of hydrogen-bond acceptors (Lipinski definition) is 4. The van der Waals surface area contributed by atoms with Gasteiger partial charge in [0.15, 0.2) is 0 Å². The van der Waals surface area contributed by atoms with Crippen molar-refractivity contribution in [2.24, 2.45) is 0 Å². The van der Waals surface area contributed by atoms with Gasteiger partial charge in [0.05, 0.1) is 5.56 Å². The molecule has 0 unspecified atom stereocenters. The fourth-order valence-electron chi connectivity index (χ4n) is 2.83. The number of phenolic OH excluding ortho intramolecular Hbond substituents is 1. The topological polar surface area (TPSA) is 90.0 Å². The van der Waals surface area contributed by atoms with Crippen LogP contribution in [0.4, 0.5) is 0 Å². The average molecular weight is 361 g/mol. The number of aromatic hydroxyl groups is 1. The Balaban J connectivity index is 2.02. The van der Waals surface area contributed by atoms with Crippen LogP contribution in [0, 0.1) is 0 Å². The largest absolute Gasteiger partial charge is 0.507 e. The lowest BCUT2D eigenvalue weighted by molar-refractivity contribution is -0.147. The van der Waals surface area contributed by atoms with E-state index in [9.17, 15) is 19.5 Å².